The molecule has 0 aliphatic heterocycles. The molecule has 0 aliphatic carbocycles. The van der Waals surface area contributed by atoms with Crippen molar-refractivity contribution in [2.45, 2.75) is 40.0 Å². The lowest BCUT2D eigenvalue weighted by Crippen LogP contribution is -2.04. The fraction of sp³-hybridized carbons (Fsp3) is 0.412. The molecule has 0 saturated heterocycles. The van der Waals surface area contributed by atoms with Crippen molar-refractivity contribution in [1.82, 2.24) is 0 Å². The Morgan fingerprint density at radius 3 is 2.40 bits per heavy atom. The molecule has 1 aromatic carbocycles. The van der Waals surface area contributed by atoms with E-state index in [4.69, 9.17) is 11.6 Å². The normalized spacial score (nSPS) is 12.3. The van der Waals surface area contributed by atoms with Crippen LogP contribution in [0.1, 0.15) is 44.7 Å². The van der Waals surface area contributed by atoms with Gasteiger partial charge in [0.1, 0.15) is 11.6 Å². The Balaban J connectivity index is 3.14. The van der Waals surface area contributed by atoms with E-state index in [9.17, 15) is 8.78 Å². The van der Waals surface area contributed by atoms with Crippen LogP contribution in [0.4, 0.5) is 8.78 Å². The predicted molar refractivity (Wildman–Crippen MR) is 83.0 cm³/mol. The van der Waals surface area contributed by atoms with Gasteiger partial charge in [0, 0.05) is 11.1 Å². The maximum Gasteiger partial charge on any atom is 0.149 e. The minimum atomic E-state index is -0.580. The Kier molecular flexibility index (Phi) is 5.94. The van der Waals surface area contributed by atoms with Crippen LogP contribution in [-0.2, 0) is 6.42 Å². The smallest absolute Gasteiger partial charge is 0.149 e. The van der Waals surface area contributed by atoms with Gasteiger partial charge < -0.3 is 0 Å². The molecule has 0 aliphatic rings. The van der Waals surface area contributed by atoms with E-state index in [1.807, 2.05) is 13.8 Å². The van der Waals surface area contributed by atoms with Gasteiger partial charge in [0.15, 0.2) is 0 Å². The SMILES string of the molecule is C=C(CC)CC(C)C(=C)c1cc(F)c(CC)c(Cl)c1F. The molecule has 0 bridgehead atoms. The highest BCUT2D eigenvalue weighted by atomic mass is 35.5. The van der Waals surface area contributed by atoms with Crippen LogP contribution >= 0.6 is 11.6 Å². The minimum absolute atomic E-state index is 0.0000989. The summed E-state index contributed by atoms with van der Waals surface area (Å²) < 4.78 is 28.2. The zero-order chi connectivity index (χ0) is 15.4. The van der Waals surface area contributed by atoms with Crippen molar-refractivity contribution in [3.05, 3.63) is 52.6 Å². The van der Waals surface area contributed by atoms with E-state index in [2.05, 4.69) is 13.2 Å². The number of allylic oxidation sites excluding steroid dienone is 2. The van der Waals surface area contributed by atoms with Gasteiger partial charge in [0.25, 0.3) is 0 Å². The first-order chi connectivity index (χ1) is 9.33. The molecular formula is C17H21ClF2. The molecule has 0 spiro atoms. The molecular weight excluding hydrogens is 278 g/mol. The third-order valence-corrected chi connectivity index (χ3v) is 4.04. The van der Waals surface area contributed by atoms with Crippen LogP contribution in [0.2, 0.25) is 5.02 Å². The second-order valence-corrected chi connectivity index (χ2v) is 5.48. The average Bonchev–Trinajstić information content (AvgIpc) is 2.42. The lowest BCUT2D eigenvalue weighted by atomic mass is 9.88. The Labute approximate surface area is 125 Å². The number of halogens is 3. The highest BCUT2D eigenvalue weighted by molar-refractivity contribution is 6.31. The summed E-state index contributed by atoms with van der Waals surface area (Å²) in [6.45, 7) is 13.5. The van der Waals surface area contributed by atoms with Crippen molar-refractivity contribution in [3.8, 4) is 0 Å². The van der Waals surface area contributed by atoms with Gasteiger partial charge in [0.2, 0.25) is 0 Å². The van der Waals surface area contributed by atoms with Crippen molar-refractivity contribution in [1.29, 1.82) is 0 Å². The van der Waals surface area contributed by atoms with Crippen LogP contribution in [0.25, 0.3) is 5.57 Å². The van der Waals surface area contributed by atoms with Gasteiger partial charge in [-0.3, -0.25) is 0 Å². The molecule has 0 fully saturated rings. The van der Waals surface area contributed by atoms with E-state index in [-0.39, 0.29) is 22.1 Å². The van der Waals surface area contributed by atoms with E-state index in [1.165, 1.54) is 6.07 Å². The average molecular weight is 299 g/mol. The molecule has 0 aromatic heterocycles. The molecule has 0 radical (unpaired) electrons. The predicted octanol–water partition coefficient (Wildman–Crippen LogP) is 6.19. The highest BCUT2D eigenvalue weighted by Crippen LogP contribution is 2.34. The maximum atomic E-state index is 14.3. The molecule has 110 valence electrons. The van der Waals surface area contributed by atoms with Crippen LogP contribution in [0.15, 0.2) is 24.8 Å². The zero-order valence-electron chi connectivity index (χ0n) is 12.3. The molecule has 0 amide bonds. The van der Waals surface area contributed by atoms with Gasteiger partial charge in [-0.05, 0) is 36.8 Å². The fourth-order valence-corrected chi connectivity index (χ4v) is 2.48. The number of hydrogen-bond donors (Lipinski definition) is 0. The second kappa shape index (κ2) is 7.03. The molecule has 1 aromatic rings. The van der Waals surface area contributed by atoms with E-state index in [1.54, 1.807) is 6.92 Å². The molecule has 1 unspecified atom stereocenters. The molecule has 0 N–H and O–H groups in total. The molecule has 1 rings (SSSR count). The summed E-state index contributed by atoms with van der Waals surface area (Å²) in [6, 6.07) is 1.20. The lowest BCUT2D eigenvalue weighted by Gasteiger charge is -2.18. The molecule has 0 saturated carbocycles. The van der Waals surface area contributed by atoms with Crippen molar-refractivity contribution >= 4 is 17.2 Å². The summed E-state index contributed by atoms with van der Waals surface area (Å²) in [4.78, 5) is 0. The Hall–Kier alpha value is -1.15. The van der Waals surface area contributed by atoms with E-state index in [0.29, 0.717) is 18.4 Å². The molecule has 1 atom stereocenters. The third kappa shape index (κ3) is 3.49. The standard InChI is InChI=1S/C17H21ClF2/c1-6-10(3)8-11(4)12(5)14-9-15(19)13(7-2)16(18)17(14)20/h9,11H,3,5-8H2,1-2,4H3. The lowest BCUT2D eigenvalue weighted by molar-refractivity contribution is 0.581. The number of benzene rings is 1. The Morgan fingerprint density at radius 2 is 1.90 bits per heavy atom. The molecule has 0 nitrogen and oxygen atoms in total. The van der Waals surface area contributed by atoms with Crippen molar-refractivity contribution in [3.63, 3.8) is 0 Å². The third-order valence-electron chi connectivity index (χ3n) is 3.64. The zero-order valence-corrected chi connectivity index (χ0v) is 13.1. The van der Waals surface area contributed by atoms with Crippen molar-refractivity contribution in [2.24, 2.45) is 5.92 Å². The summed E-state index contributed by atoms with van der Waals surface area (Å²) in [6.07, 6.45) is 1.93. The van der Waals surface area contributed by atoms with Gasteiger partial charge in [-0.25, -0.2) is 8.78 Å². The molecule has 0 heterocycles. The van der Waals surface area contributed by atoms with Crippen molar-refractivity contribution < 1.29 is 8.78 Å². The minimum Gasteiger partial charge on any atom is -0.207 e. The fourth-order valence-electron chi connectivity index (χ4n) is 2.16. The van der Waals surface area contributed by atoms with Crippen molar-refractivity contribution in [2.75, 3.05) is 0 Å². The monoisotopic (exact) mass is 298 g/mol. The van der Waals surface area contributed by atoms with Crippen LogP contribution in [-0.4, -0.2) is 0 Å². The second-order valence-electron chi connectivity index (χ2n) is 5.10. The van der Waals surface area contributed by atoms with Gasteiger partial charge in [-0.1, -0.05) is 51.1 Å². The van der Waals surface area contributed by atoms with Gasteiger partial charge in [0.05, 0.1) is 5.02 Å². The van der Waals surface area contributed by atoms with Crippen LogP contribution < -0.4 is 0 Å². The van der Waals surface area contributed by atoms with E-state index >= 15 is 0 Å². The molecule has 20 heavy (non-hydrogen) atoms. The summed E-state index contributed by atoms with van der Waals surface area (Å²) in [5.41, 5.74) is 2.00. The quantitative estimate of drug-likeness (QED) is 0.434. The number of hydrogen-bond acceptors (Lipinski definition) is 0. The highest BCUT2D eigenvalue weighted by Gasteiger charge is 2.20. The number of rotatable bonds is 6. The van der Waals surface area contributed by atoms with Crippen LogP contribution in [0.5, 0.6) is 0 Å². The first-order valence-electron chi connectivity index (χ1n) is 6.85. The van der Waals surface area contributed by atoms with E-state index < -0.39 is 11.6 Å². The summed E-state index contributed by atoms with van der Waals surface area (Å²) in [5.74, 6) is -1.06. The first kappa shape index (κ1) is 16.9. The van der Waals surface area contributed by atoms with Gasteiger partial charge in [-0.15, -0.1) is 0 Å². The Morgan fingerprint density at radius 1 is 1.30 bits per heavy atom. The van der Waals surface area contributed by atoms with Gasteiger partial charge >= 0.3 is 0 Å². The first-order valence-corrected chi connectivity index (χ1v) is 7.23. The summed E-state index contributed by atoms with van der Waals surface area (Å²) in [7, 11) is 0. The maximum absolute atomic E-state index is 14.3. The molecule has 3 heteroatoms. The van der Waals surface area contributed by atoms with Gasteiger partial charge in [-0.2, -0.15) is 0 Å². The largest absolute Gasteiger partial charge is 0.207 e. The summed E-state index contributed by atoms with van der Waals surface area (Å²) in [5, 5.41) is -0.134. The summed E-state index contributed by atoms with van der Waals surface area (Å²) >= 11 is 5.91. The van der Waals surface area contributed by atoms with Crippen LogP contribution in [0.3, 0.4) is 0 Å². The van der Waals surface area contributed by atoms with Crippen LogP contribution in [0, 0.1) is 17.6 Å². The Bertz CT molecular complexity index is 532. The topological polar surface area (TPSA) is 0 Å². The van der Waals surface area contributed by atoms with E-state index in [0.717, 1.165) is 12.0 Å².